The van der Waals surface area contributed by atoms with Crippen molar-refractivity contribution >= 4 is 16.5 Å². The third-order valence-electron chi connectivity index (χ3n) is 4.05. The number of nitrogens with two attached hydrogens (primary N) is 1. The van der Waals surface area contributed by atoms with Crippen LogP contribution in [0.25, 0.3) is 0 Å². The van der Waals surface area contributed by atoms with Gasteiger partial charge in [-0.15, -0.1) is 11.3 Å². The summed E-state index contributed by atoms with van der Waals surface area (Å²) < 4.78 is 5.77. The topological polar surface area (TPSA) is 51.4 Å². The summed E-state index contributed by atoms with van der Waals surface area (Å²) in [6.07, 6.45) is 3.96. The lowest BCUT2D eigenvalue weighted by Gasteiger charge is -2.38. The molecule has 19 heavy (non-hydrogen) atoms. The molecule has 0 aromatic carbocycles. The van der Waals surface area contributed by atoms with Crippen molar-refractivity contribution in [3.05, 3.63) is 10.6 Å². The van der Waals surface area contributed by atoms with Gasteiger partial charge >= 0.3 is 0 Å². The average Bonchev–Trinajstić information content (AvgIpc) is 3.18. The summed E-state index contributed by atoms with van der Waals surface area (Å²) in [5.74, 6) is 0.682. The first-order valence-electron chi connectivity index (χ1n) is 7.30. The fourth-order valence-electron chi connectivity index (χ4n) is 2.71. The number of anilines is 1. The first-order chi connectivity index (χ1) is 9.22. The van der Waals surface area contributed by atoms with Crippen molar-refractivity contribution in [2.75, 3.05) is 18.1 Å². The zero-order chi connectivity index (χ0) is 13.4. The van der Waals surface area contributed by atoms with E-state index in [1.807, 2.05) is 0 Å². The van der Waals surface area contributed by atoms with E-state index in [1.165, 1.54) is 23.4 Å². The fraction of sp³-hybridized carbons (Fsp3) is 0.786. The molecule has 4 nitrogen and oxygen atoms in total. The van der Waals surface area contributed by atoms with Crippen molar-refractivity contribution < 1.29 is 4.74 Å². The van der Waals surface area contributed by atoms with Crippen LogP contribution in [0.15, 0.2) is 0 Å². The van der Waals surface area contributed by atoms with Gasteiger partial charge < -0.3 is 15.4 Å². The zero-order valence-electron chi connectivity index (χ0n) is 11.8. The van der Waals surface area contributed by atoms with Crippen molar-refractivity contribution in [3.63, 3.8) is 0 Å². The van der Waals surface area contributed by atoms with E-state index in [-0.39, 0.29) is 6.10 Å². The summed E-state index contributed by atoms with van der Waals surface area (Å²) in [6.45, 7) is 6.74. The van der Waals surface area contributed by atoms with Gasteiger partial charge in [-0.3, -0.25) is 0 Å². The summed E-state index contributed by atoms with van der Waals surface area (Å²) in [5.41, 5.74) is 7.16. The zero-order valence-corrected chi connectivity index (χ0v) is 12.6. The molecule has 2 heterocycles. The minimum Gasteiger partial charge on any atom is -0.375 e. The van der Waals surface area contributed by atoms with Gasteiger partial charge in [-0.1, -0.05) is 6.92 Å². The van der Waals surface area contributed by atoms with Crippen molar-refractivity contribution in [3.8, 4) is 0 Å². The Morgan fingerprint density at radius 3 is 2.89 bits per heavy atom. The number of aromatic nitrogens is 1. The number of rotatable bonds is 4. The maximum Gasteiger partial charge on any atom is 0.186 e. The largest absolute Gasteiger partial charge is 0.375 e. The third kappa shape index (κ3) is 2.64. The molecule has 0 radical (unpaired) electrons. The second-order valence-corrected chi connectivity index (χ2v) is 6.70. The number of thiazole rings is 1. The van der Waals surface area contributed by atoms with E-state index in [1.54, 1.807) is 11.3 Å². The van der Waals surface area contributed by atoms with Crippen molar-refractivity contribution in [1.29, 1.82) is 0 Å². The molecule has 1 aromatic heterocycles. The van der Waals surface area contributed by atoms with Crippen LogP contribution in [0.5, 0.6) is 0 Å². The molecule has 1 saturated carbocycles. The molecular weight excluding hydrogens is 258 g/mol. The number of morpholine rings is 1. The van der Waals surface area contributed by atoms with Crippen molar-refractivity contribution in [2.45, 2.75) is 57.7 Å². The molecule has 1 aliphatic heterocycles. The van der Waals surface area contributed by atoms with E-state index in [9.17, 15) is 0 Å². The Bertz CT molecular complexity index is 444. The maximum atomic E-state index is 5.88. The monoisotopic (exact) mass is 281 g/mol. The van der Waals surface area contributed by atoms with Crippen molar-refractivity contribution in [1.82, 2.24) is 4.98 Å². The Hall–Kier alpha value is -0.650. The molecule has 106 valence electrons. The third-order valence-corrected chi connectivity index (χ3v) is 5.18. The molecular formula is C14H23N3OS. The summed E-state index contributed by atoms with van der Waals surface area (Å²) in [6, 6.07) is 0.458. The van der Waals surface area contributed by atoms with Crippen LogP contribution in [-0.4, -0.2) is 30.3 Å². The highest BCUT2D eigenvalue weighted by molar-refractivity contribution is 7.15. The second kappa shape index (κ2) is 5.38. The van der Waals surface area contributed by atoms with Gasteiger partial charge in [0, 0.05) is 23.9 Å². The van der Waals surface area contributed by atoms with Crippen molar-refractivity contribution in [2.24, 2.45) is 5.73 Å². The Kier molecular flexibility index (Phi) is 3.78. The Labute approximate surface area is 119 Å². The highest BCUT2D eigenvalue weighted by Gasteiger charge is 2.33. The molecule has 1 saturated heterocycles. The van der Waals surface area contributed by atoms with E-state index in [0.717, 1.165) is 24.7 Å². The molecule has 0 spiro atoms. The van der Waals surface area contributed by atoms with Crippen LogP contribution in [0.3, 0.4) is 0 Å². The maximum absolute atomic E-state index is 5.88. The Balaban J connectivity index is 1.86. The first kappa shape index (κ1) is 13.3. The molecule has 1 aliphatic carbocycles. The number of nitrogens with zero attached hydrogens (tertiary/aromatic N) is 2. The first-order valence-corrected chi connectivity index (χ1v) is 8.12. The van der Waals surface area contributed by atoms with Gasteiger partial charge in [0.05, 0.1) is 24.4 Å². The number of hydrogen-bond acceptors (Lipinski definition) is 5. The fourth-order valence-corrected chi connectivity index (χ4v) is 3.82. The smallest absolute Gasteiger partial charge is 0.186 e. The Morgan fingerprint density at radius 2 is 2.26 bits per heavy atom. The van der Waals surface area contributed by atoms with Crippen LogP contribution in [0.1, 0.15) is 49.6 Å². The summed E-state index contributed by atoms with van der Waals surface area (Å²) >= 11 is 1.79. The highest BCUT2D eigenvalue weighted by Crippen LogP contribution is 2.44. The van der Waals surface area contributed by atoms with E-state index in [2.05, 4.69) is 18.7 Å². The predicted molar refractivity (Wildman–Crippen MR) is 78.8 cm³/mol. The quantitative estimate of drug-likeness (QED) is 0.921. The van der Waals surface area contributed by atoms with Gasteiger partial charge in [0.2, 0.25) is 0 Å². The van der Waals surface area contributed by atoms with E-state index < -0.39 is 0 Å². The number of hydrogen-bond donors (Lipinski definition) is 1. The minimum absolute atomic E-state index is 0.289. The molecule has 2 fully saturated rings. The van der Waals surface area contributed by atoms with Crippen LogP contribution in [-0.2, 0) is 11.3 Å². The molecule has 3 rings (SSSR count). The van der Waals surface area contributed by atoms with Crippen LogP contribution >= 0.6 is 11.3 Å². The van der Waals surface area contributed by atoms with E-state index in [0.29, 0.717) is 18.5 Å². The minimum atomic E-state index is 0.289. The second-order valence-electron chi connectivity index (χ2n) is 5.64. The lowest BCUT2D eigenvalue weighted by atomic mass is 10.1. The van der Waals surface area contributed by atoms with E-state index in [4.69, 9.17) is 15.5 Å². The lowest BCUT2D eigenvalue weighted by Crippen LogP contribution is -2.48. The SMILES string of the molecule is CCC1COC(C)CN1c1nc(C2CC2)c(CN)s1. The van der Waals surface area contributed by atoms with Gasteiger partial charge in [-0.2, -0.15) is 0 Å². The van der Waals surface area contributed by atoms with Gasteiger partial charge in [-0.05, 0) is 26.2 Å². The van der Waals surface area contributed by atoms with Gasteiger partial charge in [-0.25, -0.2) is 4.98 Å². The molecule has 5 heteroatoms. The molecule has 2 N–H and O–H groups in total. The average molecular weight is 281 g/mol. The molecule has 0 amide bonds. The summed E-state index contributed by atoms with van der Waals surface area (Å²) in [7, 11) is 0. The van der Waals surface area contributed by atoms with Crippen LogP contribution in [0.4, 0.5) is 5.13 Å². The van der Waals surface area contributed by atoms with Crippen LogP contribution in [0.2, 0.25) is 0 Å². The summed E-state index contributed by atoms with van der Waals surface area (Å²) in [5, 5.41) is 1.16. The lowest BCUT2D eigenvalue weighted by molar-refractivity contribution is 0.0299. The highest BCUT2D eigenvalue weighted by atomic mass is 32.1. The van der Waals surface area contributed by atoms with Crippen LogP contribution in [0, 0.1) is 0 Å². The summed E-state index contributed by atoms with van der Waals surface area (Å²) in [4.78, 5) is 8.63. The Morgan fingerprint density at radius 1 is 1.47 bits per heavy atom. The van der Waals surface area contributed by atoms with Gasteiger partial charge in [0.25, 0.3) is 0 Å². The van der Waals surface area contributed by atoms with Crippen LogP contribution < -0.4 is 10.6 Å². The molecule has 0 bridgehead atoms. The molecule has 2 aliphatic rings. The van der Waals surface area contributed by atoms with E-state index >= 15 is 0 Å². The molecule has 2 unspecified atom stereocenters. The van der Waals surface area contributed by atoms with Gasteiger partial charge in [0.1, 0.15) is 0 Å². The molecule has 1 aromatic rings. The van der Waals surface area contributed by atoms with Gasteiger partial charge in [0.15, 0.2) is 5.13 Å². The predicted octanol–water partition coefficient (Wildman–Crippen LogP) is 2.48. The standard InChI is InChI=1S/C14H23N3OS/c1-3-11-8-18-9(2)7-17(11)14-16-13(10-4-5-10)12(6-15)19-14/h9-11H,3-8,15H2,1-2H3. The normalized spacial score (nSPS) is 27.8. The number of ether oxygens (including phenoxy) is 1. The molecule has 2 atom stereocenters.